The average molecular weight is 266 g/mol. The van der Waals surface area contributed by atoms with Crippen LogP contribution in [0.15, 0.2) is 24.3 Å². The maximum absolute atomic E-state index is 11.2. The fourth-order valence-corrected chi connectivity index (χ4v) is 1.22. The molecule has 0 amide bonds. The van der Waals surface area contributed by atoms with Crippen molar-refractivity contribution in [2.75, 3.05) is 13.2 Å². The molecule has 1 fully saturated rings. The van der Waals surface area contributed by atoms with Gasteiger partial charge in [-0.2, -0.15) is 0 Å². The maximum atomic E-state index is 11.2. The monoisotopic (exact) mass is 266 g/mol. The van der Waals surface area contributed by atoms with Crippen molar-refractivity contribution in [2.24, 2.45) is 0 Å². The van der Waals surface area contributed by atoms with E-state index in [9.17, 15) is 9.59 Å². The van der Waals surface area contributed by atoms with Crippen molar-refractivity contribution in [3.8, 4) is 0 Å². The van der Waals surface area contributed by atoms with Crippen LogP contribution in [0.3, 0.4) is 0 Å². The van der Waals surface area contributed by atoms with Gasteiger partial charge in [-0.15, -0.1) is 0 Å². The van der Waals surface area contributed by atoms with Gasteiger partial charge < -0.3 is 14.9 Å². The summed E-state index contributed by atoms with van der Waals surface area (Å²) in [7, 11) is 0. The molecule has 0 saturated heterocycles. The van der Waals surface area contributed by atoms with E-state index in [0.29, 0.717) is 0 Å². The normalized spacial score (nSPS) is 12.7. The number of carbonyl (C=O) groups excluding carboxylic acids is 1. The van der Waals surface area contributed by atoms with Crippen LogP contribution in [-0.4, -0.2) is 35.4 Å². The van der Waals surface area contributed by atoms with Crippen LogP contribution in [0.25, 0.3) is 0 Å². The SMILES string of the molecule is C1CCC1.O=C(O)c1ccc(C(=O)OCCO)cc1. The zero-order chi connectivity index (χ0) is 14.1. The van der Waals surface area contributed by atoms with E-state index in [0.717, 1.165) is 0 Å². The van der Waals surface area contributed by atoms with Crippen molar-refractivity contribution >= 4 is 11.9 Å². The molecule has 0 heterocycles. The lowest BCUT2D eigenvalue weighted by molar-refractivity contribution is 0.0433. The smallest absolute Gasteiger partial charge is 0.338 e. The summed E-state index contributed by atoms with van der Waals surface area (Å²) in [5.41, 5.74) is 0.363. The van der Waals surface area contributed by atoms with E-state index >= 15 is 0 Å². The molecule has 2 rings (SSSR count). The van der Waals surface area contributed by atoms with Crippen LogP contribution in [0.2, 0.25) is 0 Å². The molecule has 0 aliphatic heterocycles. The molecule has 1 saturated carbocycles. The van der Waals surface area contributed by atoms with Crippen LogP contribution in [0, 0.1) is 0 Å². The Morgan fingerprint density at radius 3 is 1.84 bits per heavy atom. The Labute approximate surface area is 111 Å². The van der Waals surface area contributed by atoms with E-state index < -0.39 is 11.9 Å². The number of rotatable bonds is 4. The predicted molar refractivity (Wildman–Crippen MR) is 69.2 cm³/mol. The molecule has 0 aromatic heterocycles. The van der Waals surface area contributed by atoms with Crippen molar-refractivity contribution in [1.29, 1.82) is 0 Å². The first kappa shape index (κ1) is 15.2. The second-order valence-corrected chi connectivity index (χ2v) is 4.16. The molecule has 19 heavy (non-hydrogen) atoms. The van der Waals surface area contributed by atoms with Crippen LogP contribution in [0.5, 0.6) is 0 Å². The second kappa shape index (κ2) is 8.26. The third-order valence-corrected chi connectivity index (χ3v) is 2.69. The van der Waals surface area contributed by atoms with Crippen molar-refractivity contribution in [2.45, 2.75) is 25.7 Å². The Balaban J connectivity index is 0.000000382. The molecule has 0 bridgehead atoms. The van der Waals surface area contributed by atoms with Crippen LogP contribution in [0.1, 0.15) is 46.4 Å². The summed E-state index contributed by atoms with van der Waals surface area (Å²) < 4.78 is 4.64. The van der Waals surface area contributed by atoms with Gasteiger partial charge in [0, 0.05) is 0 Å². The molecular weight excluding hydrogens is 248 g/mol. The first-order valence-corrected chi connectivity index (χ1v) is 6.26. The third kappa shape index (κ3) is 5.52. The number of benzene rings is 1. The number of aliphatic hydroxyl groups excluding tert-OH is 1. The molecule has 5 heteroatoms. The molecule has 5 nitrogen and oxygen atoms in total. The molecule has 2 N–H and O–H groups in total. The number of hydrogen-bond donors (Lipinski definition) is 2. The van der Waals surface area contributed by atoms with Gasteiger partial charge in [-0.25, -0.2) is 9.59 Å². The lowest BCUT2D eigenvalue weighted by Gasteiger charge is -2.05. The fourth-order valence-electron chi connectivity index (χ4n) is 1.22. The maximum Gasteiger partial charge on any atom is 0.338 e. The molecule has 104 valence electrons. The van der Waals surface area contributed by atoms with E-state index in [1.165, 1.54) is 49.9 Å². The summed E-state index contributed by atoms with van der Waals surface area (Å²) in [5, 5.41) is 17.0. The standard InChI is InChI=1S/C10H10O5.C4H8/c11-5-6-15-10(14)8-3-1-7(2-4-8)9(12)13;1-2-4-3-1/h1-4,11H,5-6H2,(H,12,13);1-4H2. The van der Waals surface area contributed by atoms with Gasteiger partial charge in [0.15, 0.2) is 0 Å². The van der Waals surface area contributed by atoms with Crippen LogP contribution >= 0.6 is 0 Å². The topological polar surface area (TPSA) is 83.8 Å². The first-order valence-electron chi connectivity index (χ1n) is 6.26. The predicted octanol–water partition coefficient (Wildman–Crippen LogP) is 2.09. The zero-order valence-corrected chi connectivity index (χ0v) is 10.7. The van der Waals surface area contributed by atoms with Crippen molar-refractivity contribution in [3.05, 3.63) is 35.4 Å². The summed E-state index contributed by atoms with van der Waals surface area (Å²) in [5.74, 6) is -1.63. The number of carbonyl (C=O) groups is 2. The highest BCUT2D eigenvalue weighted by atomic mass is 16.5. The van der Waals surface area contributed by atoms with Gasteiger partial charge in [-0.3, -0.25) is 0 Å². The Morgan fingerprint density at radius 1 is 1.00 bits per heavy atom. The van der Waals surface area contributed by atoms with Crippen molar-refractivity contribution < 1.29 is 24.5 Å². The summed E-state index contributed by atoms with van der Waals surface area (Å²) in [6.07, 6.45) is 6.00. The van der Waals surface area contributed by atoms with E-state index in [4.69, 9.17) is 10.2 Å². The van der Waals surface area contributed by atoms with E-state index in [2.05, 4.69) is 4.74 Å². The van der Waals surface area contributed by atoms with Gasteiger partial charge in [0.25, 0.3) is 0 Å². The molecule has 1 aromatic carbocycles. The molecule has 0 unspecified atom stereocenters. The van der Waals surface area contributed by atoms with E-state index in [1.807, 2.05) is 0 Å². The second-order valence-electron chi connectivity index (χ2n) is 4.16. The van der Waals surface area contributed by atoms with E-state index in [1.54, 1.807) is 0 Å². The molecule has 0 radical (unpaired) electrons. The Morgan fingerprint density at radius 2 is 1.47 bits per heavy atom. The van der Waals surface area contributed by atoms with E-state index in [-0.39, 0.29) is 24.3 Å². The molecule has 1 aliphatic carbocycles. The minimum atomic E-state index is -1.05. The first-order chi connectivity index (χ1) is 9.15. The van der Waals surface area contributed by atoms with Gasteiger partial charge in [-0.1, -0.05) is 25.7 Å². The molecule has 1 aromatic rings. The Bertz CT molecular complexity index is 402. The van der Waals surface area contributed by atoms with Gasteiger partial charge in [0.05, 0.1) is 17.7 Å². The highest BCUT2D eigenvalue weighted by Gasteiger charge is 2.08. The summed E-state index contributed by atoms with van der Waals surface area (Å²) in [4.78, 5) is 21.7. The Hall–Kier alpha value is -1.88. The lowest BCUT2D eigenvalue weighted by atomic mass is 10.0. The van der Waals surface area contributed by atoms with Gasteiger partial charge in [0.2, 0.25) is 0 Å². The van der Waals surface area contributed by atoms with Gasteiger partial charge >= 0.3 is 11.9 Å². The minimum absolute atomic E-state index is 0.0699. The molecule has 0 atom stereocenters. The van der Waals surface area contributed by atoms with Crippen LogP contribution in [0.4, 0.5) is 0 Å². The van der Waals surface area contributed by atoms with Gasteiger partial charge in [-0.05, 0) is 24.3 Å². The zero-order valence-electron chi connectivity index (χ0n) is 10.7. The highest BCUT2D eigenvalue weighted by Crippen LogP contribution is 2.15. The number of aromatic carboxylic acids is 1. The minimum Gasteiger partial charge on any atom is -0.478 e. The Kier molecular flexibility index (Phi) is 6.60. The van der Waals surface area contributed by atoms with Crippen molar-refractivity contribution in [1.82, 2.24) is 0 Å². The number of aliphatic hydroxyl groups is 1. The molecule has 0 spiro atoms. The summed E-state index contributed by atoms with van der Waals surface area (Å²) in [6.45, 7) is -0.307. The van der Waals surface area contributed by atoms with Crippen molar-refractivity contribution in [3.63, 3.8) is 0 Å². The number of hydrogen-bond acceptors (Lipinski definition) is 4. The summed E-state index contributed by atoms with van der Waals surface area (Å²) >= 11 is 0. The lowest BCUT2D eigenvalue weighted by Crippen LogP contribution is -2.09. The fraction of sp³-hybridized carbons (Fsp3) is 0.429. The highest BCUT2D eigenvalue weighted by molar-refractivity contribution is 5.92. The van der Waals surface area contributed by atoms with Gasteiger partial charge in [0.1, 0.15) is 6.61 Å². The quantitative estimate of drug-likeness (QED) is 0.815. The van der Waals surface area contributed by atoms with Crippen LogP contribution < -0.4 is 0 Å². The number of ether oxygens (including phenoxy) is 1. The largest absolute Gasteiger partial charge is 0.478 e. The summed E-state index contributed by atoms with van der Waals surface area (Å²) in [6, 6.07) is 5.36. The third-order valence-electron chi connectivity index (χ3n) is 2.69. The average Bonchev–Trinajstić information content (AvgIpc) is 2.34. The number of esters is 1. The molecule has 1 aliphatic rings. The molecular formula is C14H18O5. The number of carboxylic acid groups (broad SMARTS) is 1. The van der Waals surface area contributed by atoms with Crippen LogP contribution in [-0.2, 0) is 4.74 Å². The number of carboxylic acids is 1.